The third kappa shape index (κ3) is 6.23. The Hall–Kier alpha value is -7.24. The van der Waals surface area contributed by atoms with Crippen molar-refractivity contribution in [1.82, 2.24) is 9.80 Å². The molecule has 0 aliphatic carbocycles. The summed E-state index contributed by atoms with van der Waals surface area (Å²) >= 11 is 0. The van der Waals surface area contributed by atoms with Crippen molar-refractivity contribution in [3.63, 3.8) is 0 Å². The van der Waals surface area contributed by atoms with Gasteiger partial charge in [0, 0.05) is 12.8 Å². The second kappa shape index (κ2) is 14.8. The second-order valence-electron chi connectivity index (χ2n) is 14.1. The molecule has 2 N–H and O–H groups in total. The molecule has 11 heteroatoms. The highest BCUT2D eigenvalue weighted by atomic mass is 28.3. The number of carboxylic acids is 2. The topological polar surface area (TPSA) is 149 Å². The van der Waals surface area contributed by atoms with E-state index in [9.17, 15) is 39.0 Å². The fourth-order valence-electron chi connectivity index (χ4n) is 8.18. The molecule has 10 nitrogen and oxygen atoms in total. The summed E-state index contributed by atoms with van der Waals surface area (Å²) in [6.07, 6.45) is -0.150. The molecule has 6 aromatic rings. The number of hydrogen-bond donors (Lipinski definition) is 2. The van der Waals surface area contributed by atoms with Gasteiger partial charge in [-0.05, 0) is 56.1 Å². The first-order chi connectivity index (χ1) is 27.6. The number of carbonyl (C=O) groups excluding carboxylic acids is 4. The molecule has 0 aromatic heterocycles. The highest BCUT2D eigenvalue weighted by Gasteiger charge is 2.49. The van der Waals surface area contributed by atoms with Gasteiger partial charge in [-0.25, -0.2) is 9.59 Å². The summed E-state index contributed by atoms with van der Waals surface area (Å²) < 4.78 is 0. The second-order valence-corrected chi connectivity index (χ2v) is 17.9. The lowest BCUT2D eigenvalue weighted by Gasteiger charge is -2.34. The Morgan fingerprint density at radius 2 is 0.737 bits per heavy atom. The van der Waals surface area contributed by atoms with E-state index in [1.54, 1.807) is 97.1 Å². The lowest BCUT2D eigenvalue weighted by Crippen LogP contribution is -2.74. The number of imide groups is 2. The van der Waals surface area contributed by atoms with Crippen molar-refractivity contribution in [3.05, 3.63) is 191 Å². The molecule has 0 unspecified atom stereocenters. The molecule has 0 bridgehead atoms. The molecule has 0 saturated heterocycles. The van der Waals surface area contributed by atoms with E-state index in [0.29, 0.717) is 21.5 Å². The van der Waals surface area contributed by atoms with Crippen LogP contribution in [0.15, 0.2) is 158 Å². The van der Waals surface area contributed by atoms with Crippen LogP contribution < -0.4 is 20.7 Å². The third-order valence-electron chi connectivity index (χ3n) is 10.9. The van der Waals surface area contributed by atoms with E-state index in [4.69, 9.17) is 0 Å². The minimum atomic E-state index is -3.55. The van der Waals surface area contributed by atoms with Crippen LogP contribution in [0.4, 0.5) is 0 Å². The molecule has 280 valence electrons. The Labute approximate surface area is 328 Å². The molecule has 6 aromatic carbocycles. The van der Waals surface area contributed by atoms with Gasteiger partial charge in [-0.1, -0.05) is 133 Å². The summed E-state index contributed by atoms with van der Waals surface area (Å²) in [5.74, 6) is -5.50. The number of benzene rings is 6. The van der Waals surface area contributed by atoms with E-state index >= 15 is 0 Å². The van der Waals surface area contributed by atoms with E-state index in [2.05, 4.69) is 0 Å². The molecule has 4 amide bonds. The molecule has 57 heavy (non-hydrogen) atoms. The van der Waals surface area contributed by atoms with Crippen molar-refractivity contribution in [2.75, 3.05) is 0 Å². The van der Waals surface area contributed by atoms with Gasteiger partial charge < -0.3 is 10.2 Å². The fourth-order valence-corrected chi connectivity index (χ4v) is 13.0. The highest BCUT2D eigenvalue weighted by molar-refractivity contribution is 7.20. The predicted octanol–water partition coefficient (Wildman–Crippen LogP) is 3.65. The van der Waals surface area contributed by atoms with Crippen LogP contribution in [0.2, 0.25) is 0 Å². The van der Waals surface area contributed by atoms with Crippen LogP contribution in [0.3, 0.4) is 0 Å². The van der Waals surface area contributed by atoms with Crippen LogP contribution in [-0.2, 0) is 22.4 Å². The zero-order valence-corrected chi connectivity index (χ0v) is 31.3. The average Bonchev–Trinajstić information content (AvgIpc) is 3.63. The van der Waals surface area contributed by atoms with Gasteiger partial charge in [-0.15, -0.1) is 0 Å². The van der Waals surface area contributed by atoms with Gasteiger partial charge in [0.1, 0.15) is 12.1 Å². The van der Waals surface area contributed by atoms with Gasteiger partial charge in [-0.3, -0.25) is 29.0 Å². The number of hydrogen-bond acceptors (Lipinski definition) is 6. The Morgan fingerprint density at radius 1 is 0.421 bits per heavy atom. The molecule has 0 radical (unpaired) electrons. The Balaban J connectivity index is 1.28. The zero-order chi connectivity index (χ0) is 39.8. The van der Waals surface area contributed by atoms with Crippen LogP contribution in [0.5, 0.6) is 0 Å². The SMILES string of the molecule is O=C(O)[C@@H](Cc1ccccc1)N1C(=O)c2ccc([Si](c3ccccc3)(c3ccccc3)c3ccc4c(c3)C(=O)N([C@@H](Cc3ccccc3)C(=O)O)C4=O)cc2C1=O. The van der Waals surface area contributed by atoms with Gasteiger partial charge >= 0.3 is 11.9 Å². The van der Waals surface area contributed by atoms with Crippen molar-refractivity contribution in [2.45, 2.75) is 24.9 Å². The summed E-state index contributed by atoms with van der Waals surface area (Å²) in [6, 6.07) is 43.8. The van der Waals surface area contributed by atoms with Crippen LogP contribution in [0.1, 0.15) is 52.6 Å². The molecule has 8 rings (SSSR count). The van der Waals surface area contributed by atoms with Crippen LogP contribution in [0, 0.1) is 0 Å². The smallest absolute Gasteiger partial charge is 0.327 e. The van der Waals surface area contributed by atoms with E-state index in [1.165, 1.54) is 0 Å². The molecule has 0 fully saturated rings. The molecular weight excluding hydrogens is 737 g/mol. The molecule has 2 aliphatic heterocycles. The Morgan fingerprint density at radius 3 is 1.07 bits per heavy atom. The van der Waals surface area contributed by atoms with Crippen molar-refractivity contribution in [1.29, 1.82) is 0 Å². The summed E-state index contributed by atoms with van der Waals surface area (Å²) in [7, 11) is -3.55. The molecule has 2 atom stereocenters. The largest absolute Gasteiger partial charge is 0.480 e. The van der Waals surface area contributed by atoms with Gasteiger partial charge in [0.15, 0.2) is 8.07 Å². The van der Waals surface area contributed by atoms with Crippen molar-refractivity contribution in [2.24, 2.45) is 0 Å². The van der Waals surface area contributed by atoms with Crippen LogP contribution in [0.25, 0.3) is 0 Å². The van der Waals surface area contributed by atoms with E-state index < -0.39 is 55.7 Å². The summed E-state index contributed by atoms with van der Waals surface area (Å²) in [5, 5.41) is 23.6. The summed E-state index contributed by atoms with van der Waals surface area (Å²) in [4.78, 5) is 83.2. The normalized spacial score (nSPS) is 14.7. The zero-order valence-electron chi connectivity index (χ0n) is 30.3. The highest BCUT2D eigenvalue weighted by Crippen LogP contribution is 2.29. The summed E-state index contributed by atoms with van der Waals surface area (Å²) in [5.41, 5.74) is 1.58. The summed E-state index contributed by atoms with van der Waals surface area (Å²) in [6.45, 7) is 0. The first-order valence-electron chi connectivity index (χ1n) is 18.3. The van der Waals surface area contributed by atoms with E-state index in [0.717, 1.165) is 20.2 Å². The molecular formula is C46H34N2O8Si. The maximum absolute atomic E-state index is 14.3. The number of aliphatic carboxylic acids is 2. The maximum Gasteiger partial charge on any atom is 0.327 e. The minimum absolute atomic E-state index is 0.0596. The first kappa shape index (κ1) is 36.7. The van der Waals surface area contributed by atoms with Crippen molar-refractivity contribution >= 4 is 64.4 Å². The number of carboxylic acid groups (broad SMARTS) is 2. The number of fused-ring (bicyclic) bond motifs is 2. The molecule has 0 saturated carbocycles. The fraction of sp³-hybridized carbons (Fsp3) is 0.0870. The number of amides is 4. The standard InChI is InChI=1S/C46H34N2O8Si/c49-41-35-23-21-33(27-37(35)43(51)47(41)39(45(53)54)25-29-13-5-1-6-14-29)57(31-17-9-3-10-18-31,32-19-11-4-12-20-32)34-22-24-36-38(28-34)44(52)48(42(36)50)40(46(55)56)26-30-15-7-2-8-16-30/h1-24,27-28,39-40H,25-26H2,(H,53,54)(H,55,56)/t39-,40+. The lowest BCUT2D eigenvalue weighted by atomic mass is 10.0. The lowest BCUT2D eigenvalue weighted by molar-refractivity contribution is -0.142. The third-order valence-corrected chi connectivity index (χ3v) is 15.6. The number of carbonyl (C=O) groups is 6. The number of nitrogens with zero attached hydrogens (tertiary/aromatic N) is 2. The van der Waals surface area contributed by atoms with Gasteiger partial charge in [-0.2, -0.15) is 0 Å². The van der Waals surface area contributed by atoms with Gasteiger partial charge in [0.05, 0.1) is 22.3 Å². The maximum atomic E-state index is 14.3. The Bertz CT molecular complexity index is 2400. The van der Waals surface area contributed by atoms with Crippen LogP contribution >= 0.6 is 0 Å². The molecule has 2 aliphatic rings. The van der Waals surface area contributed by atoms with Crippen molar-refractivity contribution in [3.8, 4) is 0 Å². The minimum Gasteiger partial charge on any atom is -0.480 e. The quantitative estimate of drug-likeness (QED) is 0.109. The predicted molar refractivity (Wildman–Crippen MR) is 214 cm³/mol. The number of rotatable bonds is 12. The van der Waals surface area contributed by atoms with Crippen LogP contribution in [-0.4, -0.2) is 75.7 Å². The Kier molecular flexibility index (Phi) is 9.52. The van der Waals surface area contributed by atoms with Crippen molar-refractivity contribution < 1.29 is 39.0 Å². The average molecular weight is 771 g/mol. The molecule has 2 heterocycles. The monoisotopic (exact) mass is 770 g/mol. The molecule has 0 spiro atoms. The van der Waals surface area contributed by atoms with Gasteiger partial charge in [0.25, 0.3) is 23.6 Å². The first-order valence-corrected chi connectivity index (χ1v) is 20.3. The van der Waals surface area contributed by atoms with E-state index in [-0.39, 0.29) is 35.1 Å². The van der Waals surface area contributed by atoms with E-state index in [1.807, 2.05) is 60.7 Å². The van der Waals surface area contributed by atoms with Gasteiger partial charge in [0.2, 0.25) is 0 Å².